The quantitative estimate of drug-likeness (QED) is 0.0646. The van der Waals surface area contributed by atoms with Crippen LogP contribution in [0, 0.1) is 48.3 Å². The maximum Gasteiger partial charge on any atom is 0.127 e. The lowest BCUT2D eigenvalue weighted by molar-refractivity contribution is -0.0268. The summed E-state index contributed by atoms with van der Waals surface area (Å²) in [7, 11) is 0. The Labute approximate surface area is 457 Å². The summed E-state index contributed by atoms with van der Waals surface area (Å²) < 4.78 is 21.0. The molecule has 1 saturated heterocycles. The molecule has 6 nitrogen and oxygen atoms in total. The third kappa shape index (κ3) is 14.9. The molecule has 75 heavy (non-hydrogen) atoms. The second kappa shape index (κ2) is 24.6. The molecular weight excluding hydrogens is 925 g/mol. The molecule has 0 spiro atoms. The highest BCUT2D eigenvalue weighted by atomic mass is 16.6. The summed E-state index contributed by atoms with van der Waals surface area (Å²) >= 11 is 0. The summed E-state index contributed by atoms with van der Waals surface area (Å²) in [6, 6.07) is 0. The predicted octanol–water partition coefficient (Wildman–Crippen LogP) is 16.9. The normalized spacial score (nSPS) is 31.7. The number of ether oxygens (including phenoxy) is 3. The maximum atomic E-state index is 11.1. The molecule has 0 radical (unpaired) electrons. The van der Waals surface area contributed by atoms with Gasteiger partial charge >= 0.3 is 0 Å². The average molecular weight is 1030 g/mol. The molecule has 3 fully saturated rings. The van der Waals surface area contributed by atoms with Gasteiger partial charge in [0.25, 0.3) is 0 Å². The van der Waals surface area contributed by atoms with Crippen molar-refractivity contribution in [1.82, 2.24) is 0 Å². The van der Waals surface area contributed by atoms with Gasteiger partial charge in [-0.3, -0.25) is 0 Å². The summed E-state index contributed by atoms with van der Waals surface area (Å²) in [4.78, 5) is 0. The zero-order chi connectivity index (χ0) is 55.3. The second-order valence-electron chi connectivity index (χ2n) is 27.3. The Balaban J connectivity index is 1.18. The van der Waals surface area contributed by atoms with Crippen LogP contribution in [0.4, 0.5) is 0 Å². The summed E-state index contributed by atoms with van der Waals surface area (Å²) in [6.45, 7) is 37.5. The van der Waals surface area contributed by atoms with Crippen molar-refractivity contribution >= 4 is 0 Å². The monoisotopic (exact) mass is 1030 g/mol. The van der Waals surface area contributed by atoms with Gasteiger partial charge in [-0.2, -0.15) is 0 Å². The van der Waals surface area contributed by atoms with Gasteiger partial charge in [0.05, 0.1) is 17.8 Å². The zero-order valence-electron chi connectivity index (χ0n) is 50.3. The fraction of sp³-hybridized carbons (Fsp3) is 0.667. The predicted molar refractivity (Wildman–Crippen MR) is 315 cm³/mol. The van der Waals surface area contributed by atoms with Crippen molar-refractivity contribution in [1.29, 1.82) is 0 Å². The molecule has 416 valence electrons. The molecule has 6 rings (SSSR count). The number of fused-ring (bicyclic) bond motifs is 4. The van der Waals surface area contributed by atoms with Crippen molar-refractivity contribution in [2.24, 2.45) is 34.5 Å². The molecule has 1 aromatic rings. The first-order valence-corrected chi connectivity index (χ1v) is 29.5. The highest BCUT2D eigenvalue weighted by Crippen LogP contribution is 2.66. The number of epoxide rings is 1. The molecular formula is C69H104O6. The van der Waals surface area contributed by atoms with Crippen molar-refractivity contribution in [3.63, 3.8) is 0 Å². The van der Waals surface area contributed by atoms with Crippen LogP contribution in [0.15, 0.2) is 100 Å². The Kier molecular flexibility index (Phi) is 19.9. The Morgan fingerprint density at radius 3 is 1.96 bits per heavy atom. The van der Waals surface area contributed by atoms with E-state index in [9.17, 15) is 15.3 Å². The average Bonchev–Trinajstić information content (AvgIpc) is 3.92. The molecule has 0 amide bonds. The van der Waals surface area contributed by atoms with E-state index in [4.69, 9.17) is 14.2 Å². The van der Waals surface area contributed by atoms with E-state index < -0.39 is 17.3 Å². The lowest BCUT2D eigenvalue weighted by Gasteiger charge is -2.43. The van der Waals surface area contributed by atoms with E-state index in [1.54, 1.807) is 6.92 Å². The Hall–Kier alpha value is -3.64. The third-order valence-corrected chi connectivity index (χ3v) is 18.4. The zero-order valence-corrected chi connectivity index (χ0v) is 50.3. The molecule has 5 aliphatic rings. The van der Waals surface area contributed by atoms with Crippen molar-refractivity contribution in [3.05, 3.63) is 123 Å². The van der Waals surface area contributed by atoms with Gasteiger partial charge in [-0.05, 0) is 165 Å². The summed E-state index contributed by atoms with van der Waals surface area (Å²) in [5.41, 5.74) is 11.3. The first-order valence-electron chi connectivity index (χ1n) is 29.5. The van der Waals surface area contributed by atoms with Gasteiger partial charge in [-0.1, -0.05) is 166 Å². The second-order valence-corrected chi connectivity index (χ2v) is 27.3. The minimum absolute atomic E-state index is 0.0999. The van der Waals surface area contributed by atoms with Gasteiger partial charge in [0.2, 0.25) is 0 Å². The first-order chi connectivity index (χ1) is 35.0. The number of aliphatic hydroxyl groups is 3. The van der Waals surface area contributed by atoms with E-state index in [1.807, 2.05) is 13.0 Å². The van der Waals surface area contributed by atoms with Gasteiger partial charge in [0.15, 0.2) is 0 Å². The molecule has 0 bridgehead atoms. The smallest absolute Gasteiger partial charge is 0.127 e. The Morgan fingerprint density at radius 2 is 1.31 bits per heavy atom. The van der Waals surface area contributed by atoms with Gasteiger partial charge in [-0.15, -0.1) is 5.73 Å². The first kappa shape index (κ1) is 60.6. The fourth-order valence-electron chi connectivity index (χ4n) is 13.9. The van der Waals surface area contributed by atoms with Gasteiger partial charge in [0.1, 0.15) is 34.4 Å². The number of hydrogen-bond donors (Lipinski definition) is 3. The lowest BCUT2D eigenvalue weighted by Crippen LogP contribution is -2.46. The molecule has 1 aromatic carbocycles. The van der Waals surface area contributed by atoms with Gasteiger partial charge < -0.3 is 29.5 Å². The number of rotatable bonds is 21. The van der Waals surface area contributed by atoms with E-state index >= 15 is 0 Å². The van der Waals surface area contributed by atoms with Crippen LogP contribution < -0.4 is 9.47 Å². The summed E-state index contributed by atoms with van der Waals surface area (Å²) in [6.07, 6.45) is 39.6. The molecule has 2 aliphatic carbocycles. The topological polar surface area (TPSA) is 91.7 Å². The van der Waals surface area contributed by atoms with E-state index in [1.165, 1.54) is 84.8 Å². The molecule has 3 heterocycles. The third-order valence-electron chi connectivity index (χ3n) is 18.4. The minimum Gasteiger partial charge on any atom is -0.487 e. The van der Waals surface area contributed by atoms with Crippen molar-refractivity contribution in [2.45, 2.75) is 261 Å². The van der Waals surface area contributed by atoms with Crippen LogP contribution in [-0.2, 0) is 17.6 Å². The SMILES string of the molecule is CC(C=C=C1C(C)(C)C[C@H](O)C[C@@]1(C)O)=CC=CC(C)=CC=CC=C(C)[C@@H]1Oc2c(C)c(C)c3c(c2C[C@H]1C=C(C)C=C[C@@]12O[C@]1(C)C[C@@H](O)CC2(C)C)CC[C@@](C)(CCC[C@H](C)CCC[C@H](C)CCCC(C)C)O3. The number of allylic oxidation sites excluding steroid dienone is 11. The molecule has 0 unspecified atom stereocenters. The van der Waals surface area contributed by atoms with E-state index in [0.717, 1.165) is 78.1 Å². The maximum absolute atomic E-state index is 11.1. The molecule has 10 atom stereocenters. The lowest BCUT2D eigenvalue weighted by atomic mass is 9.63. The van der Waals surface area contributed by atoms with E-state index in [0.29, 0.717) is 19.3 Å². The minimum atomic E-state index is -1.08. The van der Waals surface area contributed by atoms with Crippen LogP contribution in [-0.4, -0.2) is 56.0 Å². The van der Waals surface area contributed by atoms with E-state index in [-0.39, 0.29) is 40.2 Å². The number of aliphatic hydroxyl groups excluding tert-OH is 2. The van der Waals surface area contributed by atoms with Crippen molar-refractivity contribution in [3.8, 4) is 11.5 Å². The van der Waals surface area contributed by atoms with Crippen LogP contribution in [0.2, 0.25) is 0 Å². The van der Waals surface area contributed by atoms with Crippen molar-refractivity contribution in [2.75, 3.05) is 0 Å². The highest BCUT2D eigenvalue weighted by Gasteiger charge is 2.74. The van der Waals surface area contributed by atoms with E-state index in [2.05, 4.69) is 170 Å². The molecule has 3 aliphatic heterocycles. The summed E-state index contributed by atoms with van der Waals surface area (Å²) in [5, 5.41) is 32.1. The largest absolute Gasteiger partial charge is 0.487 e. The molecule has 0 aromatic heterocycles. The van der Waals surface area contributed by atoms with Gasteiger partial charge in [-0.25, -0.2) is 0 Å². The Morgan fingerprint density at radius 1 is 0.693 bits per heavy atom. The fourth-order valence-corrected chi connectivity index (χ4v) is 13.9. The van der Waals surface area contributed by atoms with Crippen LogP contribution in [0.1, 0.15) is 216 Å². The molecule has 3 N–H and O–H groups in total. The van der Waals surface area contributed by atoms with Crippen LogP contribution in [0.3, 0.4) is 0 Å². The number of hydrogen-bond acceptors (Lipinski definition) is 6. The standard InChI is InChI=1S/C69H104O6/c1-46(2)24-20-26-48(4)28-21-29-49(5)31-23-37-66(15)38-36-58-59-41-55(40-51(7)35-39-69-65(13,14)43-57(71)45-68(69,17)75-69)61(73-62(59)53(9)54(10)63(58)74-66)52(8)32-19-18-25-47(3)27-22-30-50(6)33-34-60-64(11,12)42-56(70)44-67(60,16)72/h18-19,22,25,27,30,32-33,35,39-40,46,48-49,55-57,61,70-72H,20-21,23-24,26,28-29,31,36-38,41-45H2,1-17H3/t34?,48-,49-,55-,56+,57+,61+,66-,67-,68-,69+/m1/s1. The van der Waals surface area contributed by atoms with Crippen molar-refractivity contribution < 1.29 is 29.5 Å². The molecule has 6 heteroatoms. The van der Waals surface area contributed by atoms with Gasteiger partial charge in [0, 0.05) is 40.9 Å². The van der Waals surface area contributed by atoms with Crippen LogP contribution >= 0.6 is 0 Å². The highest BCUT2D eigenvalue weighted by molar-refractivity contribution is 5.61. The molecule has 2 saturated carbocycles. The van der Waals surface area contributed by atoms with Crippen LogP contribution in [0.5, 0.6) is 11.5 Å². The van der Waals surface area contributed by atoms with Crippen LogP contribution in [0.25, 0.3) is 0 Å². The number of benzene rings is 1. The summed E-state index contributed by atoms with van der Waals surface area (Å²) in [5.74, 6) is 4.63. The Bertz CT molecular complexity index is 2440.